The molecule has 0 aromatic heterocycles. The van der Waals surface area contributed by atoms with Gasteiger partial charge in [-0.25, -0.2) is 4.79 Å². The number of carbonyl (C=O) groups is 1. The molecule has 2 N–H and O–H groups in total. The number of rotatable bonds is 5. The molecule has 0 aliphatic rings. The van der Waals surface area contributed by atoms with E-state index in [0.29, 0.717) is 13.1 Å². The molecular formula is C13H25N3O2. The van der Waals surface area contributed by atoms with E-state index in [4.69, 9.17) is 10.00 Å². The Morgan fingerprint density at radius 1 is 1.33 bits per heavy atom. The predicted octanol–water partition coefficient (Wildman–Crippen LogP) is 2.04. The van der Waals surface area contributed by atoms with Crippen LogP contribution >= 0.6 is 0 Å². The van der Waals surface area contributed by atoms with Crippen LogP contribution in [0.4, 0.5) is 4.79 Å². The Morgan fingerprint density at radius 3 is 2.33 bits per heavy atom. The fourth-order valence-corrected chi connectivity index (χ4v) is 1.09. The highest BCUT2D eigenvalue weighted by atomic mass is 16.6. The van der Waals surface area contributed by atoms with E-state index in [1.807, 2.05) is 41.5 Å². The molecule has 0 fully saturated rings. The summed E-state index contributed by atoms with van der Waals surface area (Å²) in [7, 11) is 0. The van der Waals surface area contributed by atoms with E-state index in [1.54, 1.807) is 0 Å². The molecule has 0 bridgehead atoms. The van der Waals surface area contributed by atoms with Gasteiger partial charge in [0.1, 0.15) is 5.60 Å². The van der Waals surface area contributed by atoms with Gasteiger partial charge < -0.3 is 15.4 Å². The van der Waals surface area contributed by atoms with Crippen molar-refractivity contribution in [3.8, 4) is 6.07 Å². The highest BCUT2D eigenvalue weighted by Crippen LogP contribution is 2.10. The number of hydrogen-bond acceptors (Lipinski definition) is 4. The van der Waals surface area contributed by atoms with Crippen molar-refractivity contribution >= 4 is 6.09 Å². The van der Waals surface area contributed by atoms with Crippen LogP contribution in [0.15, 0.2) is 0 Å². The average molecular weight is 255 g/mol. The molecule has 5 heteroatoms. The maximum Gasteiger partial charge on any atom is 0.407 e. The Kier molecular flexibility index (Phi) is 6.13. The number of alkyl carbamates (subject to hydrolysis) is 1. The molecule has 0 aliphatic heterocycles. The molecule has 0 aromatic carbocycles. The van der Waals surface area contributed by atoms with Crippen LogP contribution in [-0.4, -0.2) is 30.8 Å². The van der Waals surface area contributed by atoms with Gasteiger partial charge in [-0.15, -0.1) is 0 Å². The van der Waals surface area contributed by atoms with E-state index in [1.165, 1.54) is 0 Å². The van der Waals surface area contributed by atoms with Crippen LogP contribution in [0.5, 0.6) is 0 Å². The molecular weight excluding hydrogens is 230 g/mol. The molecule has 0 heterocycles. The molecule has 1 atom stereocenters. The number of nitrogens with one attached hydrogen (secondary N) is 2. The zero-order chi connectivity index (χ0) is 14.4. The first-order valence-corrected chi connectivity index (χ1v) is 6.17. The number of ether oxygens (including phenoxy) is 1. The Hall–Kier alpha value is -1.28. The molecule has 0 radical (unpaired) electrons. The Balaban J connectivity index is 3.88. The van der Waals surface area contributed by atoms with Crippen LogP contribution in [0.25, 0.3) is 0 Å². The molecule has 5 nitrogen and oxygen atoms in total. The van der Waals surface area contributed by atoms with Gasteiger partial charge in [0, 0.05) is 19.1 Å². The van der Waals surface area contributed by atoms with Crippen LogP contribution in [0, 0.1) is 16.7 Å². The first-order chi connectivity index (χ1) is 8.06. The lowest BCUT2D eigenvalue weighted by Gasteiger charge is -2.23. The van der Waals surface area contributed by atoms with Crippen LogP contribution in [0.3, 0.4) is 0 Å². The van der Waals surface area contributed by atoms with Crippen LogP contribution < -0.4 is 10.6 Å². The Morgan fingerprint density at radius 2 is 1.89 bits per heavy atom. The van der Waals surface area contributed by atoms with Crippen molar-refractivity contribution < 1.29 is 9.53 Å². The second-order valence-corrected chi connectivity index (χ2v) is 6.16. The SMILES string of the molecule is CC(CNC(=O)OC(C)(C)C)NCC(C)(C)C#N. The van der Waals surface area contributed by atoms with Crippen molar-refractivity contribution in [1.29, 1.82) is 5.26 Å². The average Bonchev–Trinajstić information content (AvgIpc) is 2.21. The lowest BCUT2D eigenvalue weighted by molar-refractivity contribution is 0.0523. The number of nitrogens with zero attached hydrogens (tertiary/aromatic N) is 1. The fraction of sp³-hybridized carbons (Fsp3) is 0.846. The smallest absolute Gasteiger partial charge is 0.407 e. The van der Waals surface area contributed by atoms with E-state index < -0.39 is 17.1 Å². The summed E-state index contributed by atoms with van der Waals surface area (Å²) in [6.07, 6.45) is -0.421. The third-order valence-electron chi connectivity index (χ3n) is 2.15. The Labute approximate surface area is 110 Å². The van der Waals surface area contributed by atoms with Gasteiger partial charge in [0.05, 0.1) is 11.5 Å². The van der Waals surface area contributed by atoms with Gasteiger partial charge >= 0.3 is 6.09 Å². The lowest BCUT2D eigenvalue weighted by atomic mass is 9.96. The molecule has 1 amide bonds. The Bertz CT molecular complexity index is 313. The third kappa shape index (κ3) is 8.82. The largest absolute Gasteiger partial charge is 0.444 e. The topological polar surface area (TPSA) is 74.2 Å². The van der Waals surface area contributed by atoms with Gasteiger partial charge in [0.25, 0.3) is 0 Å². The van der Waals surface area contributed by atoms with Gasteiger partial charge in [0.2, 0.25) is 0 Å². The van der Waals surface area contributed by atoms with Crippen LogP contribution in [-0.2, 0) is 4.74 Å². The molecule has 0 aliphatic carbocycles. The van der Waals surface area contributed by atoms with E-state index >= 15 is 0 Å². The first-order valence-electron chi connectivity index (χ1n) is 6.17. The highest BCUT2D eigenvalue weighted by Gasteiger charge is 2.19. The summed E-state index contributed by atoms with van der Waals surface area (Å²) >= 11 is 0. The van der Waals surface area contributed by atoms with Crippen molar-refractivity contribution in [3.63, 3.8) is 0 Å². The lowest BCUT2D eigenvalue weighted by Crippen LogP contribution is -2.43. The van der Waals surface area contributed by atoms with Gasteiger partial charge in [-0.3, -0.25) is 0 Å². The normalized spacial score (nSPS) is 13.6. The second-order valence-electron chi connectivity index (χ2n) is 6.16. The molecule has 0 saturated heterocycles. The van der Waals surface area contributed by atoms with E-state index in [2.05, 4.69) is 16.7 Å². The van der Waals surface area contributed by atoms with Crippen LogP contribution in [0.1, 0.15) is 41.5 Å². The zero-order valence-electron chi connectivity index (χ0n) is 12.3. The number of nitriles is 1. The molecule has 18 heavy (non-hydrogen) atoms. The number of carbonyl (C=O) groups excluding carboxylic acids is 1. The zero-order valence-corrected chi connectivity index (χ0v) is 12.3. The van der Waals surface area contributed by atoms with E-state index in [-0.39, 0.29) is 6.04 Å². The standard InChI is InChI=1S/C13H25N3O2/c1-10(16-9-13(5,6)8-14)7-15-11(17)18-12(2,3)4/h10,16H,7,9H2,1-6H3,(H,15,17). The fourth-order valence-electron chi connectivity index (χ4n) is 1.09. The molecule has 104 valence electrons. The predicted molar refractivity (Wildman–Crippen MR) is 71.1 cm³/mol. The maximum atomic E-state index is 11.4. The van der Waals surface area contributed by atoms with Crippen molar-refractivity contribution in [2.45, 2.75) is 53.2 Å². The summed E-state index contributed by atoms with van der Waals surface area (Å²) in [4.78, 5) is 11.4. The van der Waals surface area contributed by atoms with Crippen LogP contribution in [0.2, 0.25) is 0 Å². The molecule has 0 rings (SSSR count). The molecule has 0 spiro atoms. The summed E-state index contributed by atoms with van der Waals surface area (Å²) in [5.41, 5.74) is -0.885. The van der Waals surface area contributed by atoms with Gasteiger partial charge in [0.15, 0.2) is 0 Å². The van der Waals surface area contributed by atoms with E-state index in [0.717, 1.165) is 0 Å². The third-order valence-corrected chi connectivity index (χ3v) is 2.15. The van der Waals surface area contributed by atoms with Gasteiger partial charge in [-0.05, 0) is 41.5 Å². The first kappa shape index (κ1) is 16.7. The van der Waals surface area contributed by atoms with Crippen molar-refractivity contribution in [2.24, 2.45) is 5.41 Å². The number of amides is 1. The summed E-state index contributed by atoms with van der Waals surface area (Å²) < 4.78 is 5.12. The quantitative estimate of drug-likeness (QED) is 0.788. The number of hydrogen-bond donors (Lipinski definition) is 2. The van der Waals surface area contributed by atoms with Crippen molar-refractivity contribution in [3.05, 3.63) is 0 Å². The monoisotopic (exact) mass is 255 g/mol. The van der Waals surface area contributed by atoms with E-state index in [9.17, 15) is 4.79 Å². The molecule has 1 unspecified atom stereocenters. The van der Waals surface area contributed by atoms with Crippen molar-refractivity contribution in [2.75, 3.05) is 13.1 Å². The van der Waals surface area contributed by atoms with Gasteiger partial charge in [-0.1, -0.05) is 0 Å². The summed E-state index contributed by atoms with van der Waals surface area (Å²) in [6.45, 7) is 12.2. The summed E-state index contributed by atoms with van der Waals surface area (Å²) in [5, 5.41) is 14.8. The minimum absolute atomic E-state index is 0.0881. The second kappa shape index (κ2) is 6.60. The minimum atomic E-state index is -0.483. The maximum absolute atomic E-state index is 11.4. The molecule has 0 saturated carbocycles. The summed E-state index contributed by atoms with van der Waals surface area (Å²) in [6, 6.07) is 2.31. The summed E-state index contributed by atoms with van der Waals surface area (Å²) in [5.74, 6) is 0. The molecule has 0 aromatic rings. The van der Waals surface area contributed by atoms with Crippen molar-refractivity contribution in [1.82, 2.24) is 10.6 Å². The highest BCUT2D eigenvalue weighted by molar-refractivity contribution is 5.67. The minimum Gasteiger partial charge on any atom is -0.444 e. The van der Waals surface area contributed by atoms with Gasteiger partial charge in [-0.2, -0.15) is 5.26 Å².